The van der Waals surface area contributed by atoms with Crippen LogP contribution in [-0.4, -0.2) is 31.2 Å². The maximum Gasteiger partial charge on any atom is 0.244 e. The van der Waals surface area contributed by atoms with E-state index in [1.54, 1.807) is 26.0 Å². The third kappa shape index (κ3) is 3.20. The molecule has 0 aliphatic rings. The maximum absolute atomic E-state index is 12.4. The lowest BCUT2D eigenvalue weighted by atomic mass is 10.1. The third-order valence-electron chi connectivity index (χ3n) is 2.71. The average Bonchev–Trinajstić information content (AvgIpc) is 2.27. The number of rotatable bonds is 4. The van der Waals surface area contributed by atoms with Gasteiger partial charge in [-0.2, -0.15) is 4.31 Å². The van der Waals surface area contributed by atoms with Gasteiger partial charge in [-0.3, -0.25) is 0 Å². The van der Waals surface area contributed by atoms with Gasteiger partial charge in [0.2, 0.25) is 10.0 Å². The molecule has 1 aromatic carbocycles. The first kappa shape index (κ1) is 16.2. The summed E-state index contributed by atoms with van der Waals surface area (Å²) in [6.45, 7) is 3.51. The molecule has 0 aromatic heterocycles. The summed E-state index contributed by atoms with van der Waals surface area (Å²) in [4.78, 5) is 0.0769. The SMILES string of the molecule is CN(C(C)(C)CCl)S(=O)(=O)c1ccc(Br)cc1Cl. The zero-order valence-electron chi connectivity index (χ0n) is 10.2. The summed E-state index contributed by atoms with van der Waals surface area (Å²) in [6.07, 6.45) is 0. The molecule has 1 rings (SSSR count). The first-order valence-electron chi connectivity index (χ1n) is 5.13. The van der Waals surface area contributed by atoms with Crippen molar-refractivity contribution < 1.29 is 8.42 Å². The molecule has 102 valence electrons. The van der Waals surface area contributed by atoms with Crippen LogP contribution in [0.2, 0.25) is 5.02 Å². The van der Waals surface area contributed by atoms with Gasteiger partial charge in [-0.25, -0.2) is 8.42 Å². The van der Waals surface area contributed by atoms with Crippen LogP contribution in [0.1, 0.15) is 13.8 Å². The van der Waals surface area contributed by atoms with Gasteiger partial charge >= 0.3 is 0 Å². The van der Waals surface area contributed by atoms with Crippen LogP contribution in [-0.2, 0) is 10.0 Å². The highest BCUT2D eigenvalue weighted by molar-refractivity contribution is 9.10. The second kappa shape index (κ2) is 5.67. The van der Waals surface area contributed by atoms with Gasteiger partial charge < -0.3 is 0 Å². The van der Waals surface area contributed by atoms with Crippen molar-refractivity contribution >= 4 is 49.2 Å². The molecule has 0 aliphatic heterocycles. The summed E-state index contributed by atoms with van der Waals surface area (Å²) in [5.41, 5.74) is -0.684. The Kier molecular flexibility index (Phi) is 5.12. The van der Waals surface area contributed by atoms with Gasteiger partial charge in [0, 0.05) is 22.9 Å². The van der Waals surface area contributed by atoms with E-state index in [1.165, 1.54) is 17.4 Å². The van der Waals surface area contributed by atoms with Gasteiger partial charge in [-0.15, -0.1) is 11.6 Å². The molecule has 0 saturated heterocycles. The summed E-state index contributed by atoms with van der Waals surface area (Å²) in [7, 11) is -2.16. The lowest BCUT2D eigenvalue weighted by Crippen LogP contribution is -2.46. The third-order valence-corrected chi connectivity index (χ3v) is 6.41. The van der Waals surface area contributed by atoms with Gasteiger partial charge in [0.25, 0.3) is 0 Å². The Morgan fingerprint density at radius 1 is 1.39 bits per heavy atom. The molecule has 1 aromatic rings. The first-order valence-corrected chi connectivity index (χ1v) is 8.27. The fourth-order valence-electron chi connectivity index (χ4n) is 1.24. The highest BCUT2D eigenvalue weighted by Gasteiger charge is 2.34. The van der Waals surface area contributed by atoms with Crippen LogP contribution in [0.4, 0.5) is 0 Å². The number of nitrogens with zero attached hydrogens (tertiary/aromatic N) is 1. The van der Waals surface area contributed by atoms with Crippen LogP contribution in [0.15, 0.2) is 27.6 Å². The van der Waals surface area contributed by atoms with Gasteiger partial charge in [-0.1, -0.05) is 27.5 Å². The Hall–Kier alpha value is 0.190. The van der Waals surface area contributed by atoms with Crippen molar-refractivity contribution in [3.8, 4) is 0 Å². The second-order valence-electron chi connectivity index (χ2n) is 4.49. The number of hydrogen-bond acceptors (Lipinski definition) is 2. The van der Waals surface area contributed by atoms with E-state index >= 15 is 0 Å². The normalized spacial score (nSPS) is 13.1. The Morgan fingerprint density at radius 3 is 2.39 bits per heavy atom. The summed E-state index contributed by atoms with van der Waals surface area (Å²) in [6, 6.07) is 4.67. The topological polar surface area (TPSA) is 37.4 Å². The zero-order chi connectivity index (χ0) is 14.1. The van der Waals surface area contributed by atoms with Crippen LogP contribution in [0.5, 0.6) is 0 Å². The van der Waals surface area contributed by atoms with E-state index in [0.717, 1.165) is 4.47 Å². The van der Waals surface area contributed by atoms with Gasteiger partial charge in [-0.05, 0) is 32.0 Å². The fraction of sp³-hybridized carbons (Fsp3) is 0.455. The Balaban J connectivity index is 3.30. The molecule has 0 N–H and O–H groups in total. The number of sulfonamides is 1. The Morgan fingerprint density at radius 2 is 1.94 bits per heavy atom. The first-order chi connectivity index (χ1) is 8.13. The average molecular weight is 375 g/mol. The van der Waals surface area contributed by atoms with E-state index in [9.17, 15) is 8.42 Å². The highest BCUT2D eigenvalue weighted by Crippen LogP contribution is 2.30. The number of alkyl halides is 1. The van der Waals surface area contributed by atoms with Crippen LogP contribution in [0, 0.1) is 0 Å². The summed E-state index contributed by atoms with van der Waals surface area (Å²) >= 11 is 15.0. The standard InChI is InChI=1S/C11H14BrCl2NO2S/c1-11(2,7-13)15(3)18(16,17)10-5-4-8(12)6-9(10)14/h4-6H,7H2,1-3H3. The molecule has 3 nitrogen and oxygen atoms in total. The maximum atomic E-state index is 12.4. The van der Waals surface area contributed by atoms with E-state index in [4.69, 9.17) is 23.2 Å². The van der Waals surface area contributed by atoms with Crippen molar-refractivity contribution in [1.82, 2.24) is 4.31 Å². The van der Waals surface area contributed by atoms with E-state index in [-0.39, 0.29) is 15.8 Å². The largest absolute Gasteiger partial charge is 0.244 e. The minimum atomic E-state index is -3.66. The van der Waals surface area contributed by atoms with Crippen LogP contribution >= 0.6 is 39.1 Å². The van der Waals surface area contributed by atoms with Gasteiger partial charge in [0.15, 0.2) is 0 Å². The van der Waals surface area contributed by atoms with Crippen LogP contribution in [0.25, 0.3) is 0 Å². The van der Waals surface area contributed by atoms with Crippen LogP contribution in [0.3, 0.4) is 0 Å². The van der Waals surface area contributed by atoms with Crippen molar-refractivity contribution in [2.75, 3.05) is 12.9 Å². The van der Waals surface area contributed by atoms with Crippen molar-refractivity contribution in [1.29, 1.82) is 0 Å². The molecule has 0 aliphatic carbocycles. The lowest BCUT2D eigenvalue weighted by molar-refractivity contribution is 0.296. The fourth-order valence-corrected chi connectivity index (χ4v) is 4.01. The quantitative estimate of drug-likeness (QED) is 0.752. The second-order valence-corrected chi connectivity index (χ2v) is 8.02. The molecular formula is C11H14BrCl2NO2S. The molecule has 0 atom stereocenters. The van der Waals surface area contributed by atoms with E-state index in [1.807, 2.05) is 0 Å². The molecule has 0 heterocycles. The monoisotopic (exact) mass is 373 g/mol. The molecule has 0 unspecified atom stereocenters. The predicted molar refractivity (Wildman–Crippen MR) is 78.9 cm³/mol. The summed E-state index contributed by atoms with van der Waals surface area (Å²) in [5, 5.41) is 0.182. The molecule has 0 saturated carbocycles. The minimum Gasteiger partial charge on any atom is -0.207 e. The molecular weight excluding hydrogens is 361 g/mol. The Bertz CT molecular complexity index is 546. The molecule has 0 fully saturated rings. The number of halogens is 3. The summed E-state index contributed by atoms with van der Waals surface area (Å²) < 4.78 is 26.8. The molecule has 0 amide bonds. The smallest absolute Gasteiger partial charge is 0.207 e. The molecule has 7 heteroatoms. The minimum absolute atomic E-state index is 0.0769. The Labute approximate surface area is 126 Å². The van der Waals surface area contributed by atoms with Crippen LogP contribution < -0.4 is 0 Å². The predicted octanol–water partition coefficient (Wildman–Crippen LogP) is 3.74. The van der Waals surface area contributed by atoms with Gasteiger partial charge in [0.1, 0.15) is 4.90 Å². The molecule has 0 bridgehead atoms. The summed E-state index contributed by atoms with van der Waals surface area (Å²) in [5.74, 6) is 0.191. The van der Waals surface area contributed by atoms with E-state index in [2.05, 4.69) is 15.9 Å². The molecule has 0 spiro atoms. The van der Waals surface area contributed by atoms with E-state index in [0.29, 0.717) is 0 Å². The number of benzene rings is 1. The van der Waals surface area contributed by atoms with Crippen molar-refractivity contribution in [3.63, 3.8) is 0 Å². The molecule has 18 heavy (non-hydrogen) atoms. The molecule has 0 radical (unpaired) electrons. The highest BCUT2D eigenvalue weighted by atomic mass is 79.9. The number of hydrogen-bond donors (Lipinski definition) is 0. The zero-order valence-corrected chi connectivity index (χ0v) is 14.2. The van der Waals surface area contributed by atoms with Crippen molar-refractivity contribution in [2.45, 2.75) is 24.3 Å². The van der Waals surface area contributed by atoms with E-state index < -0.39 is 15.6 Å². The lowest BCUT2D eigenvalue weighted by Gasteiger charge is -2.32. The van der Waals surface area contributed by atoms with Gasteiger partial charge in [0.05, 0.1) is 5.02 Å². The van der Waals surface area contributed by atoms with Crippen molar-refractivity contribution in [2.24, 2.45) is 0 Å². The van der Waals surface area contributed by atoms with Crippen molar-refractivity contribution in [3.05, 3.63) is 27.7 Å².